The average Bonchev–Trinajstić information content (AvgIpc) is 3.27. The molecule has 0 saturated carbocycles. The van der Waals surface area contributed by atoms with Crippen LogP contribution in [0.5, 0.6) is 0 Å². The number of ether oxygens (including phenoxy) is 3. The minimum Gasteiger partial charge on any atom is -0.462 e. The van der Waals surface area contributed by atoms with Crippen LogP contribution in [0.3, 0.4) is 0 Å². The summed E-state index contributed by atoms with van der Waals surface area (Å²) in [4.78, 5) is 37.9. The van der Waals surface area contributed by atoms with Crippen LogP contribution in [-0.4, -0.2) is 37.2 Å². The van der Waals surface area contributed by atoms with Gasteiger partial charge in [-0.05, 0) is 83.5 Å². The van der Waals surface area contributed by atoms with Crippen LogP contribution < -0.4 is 0 Å². The summed E-state index contributed by atoms with van der Waals surface area (Å²) in [6, 6.07) is 0. The number of hydrogen-bond acceptors (Lipinski definition) is 6. The van der Waals surface area contributed by atoms with Crippen LogP contribution in [0.15, 0.2) is 109 Å². The quantitative estimate of drug-likeness (QED) is 0.0200. The molecule has 0 aromatic heterocycles. The minimum absolute atomic E-state index is 0.103. The molecule has 0 fully saturated rings. The molecule has 0 radical (unpaired) electrons. The van der Waals surface area contributed by atoms with E-state index in [0.717, 1.165) is 122 Å². The lowest BCUT2D eigenvalue weighted by molar-refractivity contribution is -0.167. The van der Waals surface area contributed by atoms with E-state index in [0.29, 0.717) is 19.3 Å². The zero-order valence-electron chi connectivity index (χ0n) is 39.8. The van der Waals surface area contributed by atoms with Crippen molar-refractivity contribution in [2.75, 3.05) is 13.2 Å². The van der Waals surface area contributed by atoms with Gasteiger partial charge in [-0.1, -0.05) is 214 Å². The van der Waals surface area contributed by atoms with E-state index < -0.39 is 6.10 Å². The van der Waals surface area contributed by atoms with E-state index in [1.54, 1.807) is 0 Å². The first-order valence-electron chi connectivity index (χ1n) is 25.0. The van der Waals surface area contributed by atoms with Gasteiger partial charge in [0, 0.05) is 19.3 Å². The van der Waals surface area contributed by atoms with E-state index in [-0.39, 0.29) is 31.1 Å². The monoisotopic (exact) mass is 859 g/mol. The molecule has 0 aliphatic rings. The topological polar surface area (TPSA) is 78.9 Å². The molecule has 0 bridgehead atoms. The molecular formula is C56H90O6. The molecule has 0 aliphatic heterocycles. The van der Waals surface area contributed by atoms with E-state index in [4.69, 9.17) is 14.2 Å². The summed E-state index contributed by atoms with van der Waals surface area (Å²) in [5.41, 5.74) is 0. The molecule has 0 saturated heterocycles. The molecule has 0 rings (SSSR count). The Morgan fingerprint density at radius 3 is 1.08 bits per heavy atom. The zero-order valence-corrected chi connectivity index (χ0v) is 39.8. The van der Waals surface area contributed by atoms with Gasteiger partial charge in [0.2, 0.25) is 0 Å². The zero-order chi connectivity index (χ0) is 45.1. The standard InChI is InChI=1S/C56H90O6/c1-4-7-10-13-16-19-22-24-26-27-28-30-31-34-37-40-43-46-49-55(58)61-52-53(51-60-54(57)48-45-42-39-36-33-21-18-15-12-9-6-3)62-56(59)50-47-44-41-38-35-32-29-25-23-20-17-14-11-8-5-2/h8,11,14-20,22-30,53H,4-7,9-10,12-13,21,31-52H2,1-3H3/b11-8-,17-14-,18-15-,19-16-,23-20-,24-22-,27-26-,29-25-,30-28-. The van der Waals surface area contributed by atoms with Crippen LogP contribution in [0.4, 0.5) is 0 Å². The predicted octanol–water partition coefficient (Wildman–Crippen LogP) is 16.4. The third kappa shape index (κ3) is 47.1. The fraction of sp³-hybridized carbons (Fsp3) is 0.625. The van der Waals surface area contributed by atoms with Gasteiger partial charge >= 0.3 is 17.9 Å². The average molecular weight is 859 g/mol. The van der Waals surface area contributed by atoms with Crippen molar-refractivity contribution in [3.63, 3.8) is 0 Å². The maximum absolute atomic E-state index is 12.8. The normalized spacial score (nSPS) is 13.0. The summed E-state index contributed by atoms with van der Waals surface area (Å²) in [6.07, 6.45) is 66.3. The highest BCUT2D eigenvalue weighted by atomic mass is 16.6. The summed E-state index contributed by atoms with van der Waals surface area (Å²) in [6.45, 7) is 6.35. The number of allylic oxidation sites excluding steroid dienone is 18. The second-order valence-corrected chi connectivity index (χ2v) is 16.2. The molecule has 0 N–H and O–H groups in total. The van der Waals surface area contributed by atoms with Crippen molar-refractivity contribution in [1.29, 1.82) is 0 Å². The first kappa shape index (κ1) is 58.1. The van der Waals surface area contributed by atoms with Crippen molar-refractivity contribution in [2.24, 2.45) is 0 Å². The molecule has 0 amide bonds. The van der Waals surface area contributed by atoms with Gasteiger partial charge in [0.15, 0.2) is 6.10 Å². The Balaban J connectivity index is 4.49. The molecule has 0 spiro atoms. The van der Waals surface area contributed by atoms with Crippen LogP contribution in [0.1, 0.15) is 207 Å². The maximum Gasteiger partial charge on any atom is 0.306 e. The minimum atomic E-state index is -0.805. The van der Waals surface area contributed by atoms with Gasteiger partial charge in [-0.2, -0.15) is 0 Å². The van der Waals surface area contributed by atoms with Crippen molar-refractivity contribution in [3.8, 4) is 0 Å². The summed E-state index contributed by atoms with van der Waals surface area (Å²) in [7, 11) is 0. The Morgan fingerprint density at radius 1 is 0.339 bits per heavy atom. The molecule has 0 aromatic rings. The maximum atomic E-state index is 12.8. The molecule has 1 unspecified atom stereocenters. The molecule has 6 nitrogen and oxygen atoms in total. The van der Waals surface area contributed by atoms with Crippen molar-refractivity contribution in [3.05, 3.63) is 109 Å². The Morgan fingerprint density at radius 2 is 0.661 bits per heavy atom. The molecular weight excluding hydrogens is 769 g/mol. The fourth-order valence-corrected chi connectivity index (χ4v) is 6.38. The van der Waals surface area contributed by atoms with E-state index in [1.165, 1.54) is 44.9 Å². The lowest BCUT2D eigenvalue weighted by Crippen LogP contribution is -2.30. The van der Waals surface area contributed by atoms with E-state index in [1.807, 2.05) is 24.3 Å². The van der Waals surface area contributed by atoms with Gasteiger partial charge in [-0.25, -0.2) is 0 Å². The number of unbranched alkanes of at least 4 members (excludes halogenated alkanes) is 20. The molecule has 0 aliphatic carbocycles. The Labute approximate surface area is 380 Å². The SMILES string of the molecule is CC\C=C/C=C\C=C/C=C\CCCCCCCC(=O)OC(COC(=O)CCCCCCC\C=C/C=C\C=C/C=C\CCCCC)COC(=O)CCCCCCC/C=C\CCCC. The van der Waals surface area contributed by atoms with Crippen LogP contribution in [0.2, 0.25) is 0 Å². The van der Waals surface area contributed by atoms with Crippen LogP contribution in [0.25, 0.3) is 0 Å². The van der Waals surface area contributed by atoms with Crippen LogP contribution in [0, 0.1) is 0 Å². The smallest absolute Gasteiger partial charge is 0.306 e. The van der Waals surface area contributed by atoms with Crippen LogP contribution >= 0.6 is 0 Å². The highest BCUT2D eigenvalue weighted by molar-refractivity contribution is 5.71. The van der Waals surface area contributed by atoms with Crippen molar-refractivity contribution < 1.29 is 28.6 Å². The lowest BCUT2D eigenvalue weighted by Gasteiger charge is -2.18. The second-order valence-electron chi connectivity index (χ2n) is 16.2. The summed E-state index contributed by atoms with van der Waals surface area (Å²) >= 11 is 0. The number of carbonyl (C=O) groups is 3. The summed E-state index contributed by atoms with van der Waals surface area (Å²) in [5, 5.41) is 0. The first-order chi connectivity index (χ1) is 30.5. The third-order valence-electron chi connectivity index (χ3n) is 10.2. The van der Waals surface area contributed by atoms with Crippen molar-refractivity contribution in [1.82, 2.24) is 0 Å². The van der Waals surface area contributed by atoms with Gasteiger partial charge < -0.3 is 14.2 Å². The van der Waals surface area contributed by atoms with Gasteiger partial charge in [0.25, 0.3) is 0 Å². The number of rotatable bonds is 43. The van der Waals surface area contributed by atoms with Crippen molar-refractivity contribution in [2.45, 2.75) is 213 Å². The Kier molecular flexibility index (Phi) is 46.6. The highest BCUT2D eigenvalue weighted by Crippen LogP contribution is 2.13. The Hall–Kier alpha value is -3.93. The van der Waals surface area contributed by atoms with E-state index in [2.05, 4.69) is 106 Å². The molecule has 0 heterocycles. The largest absolute Gasteiger partial charge is 0.462 e. The first-order valence-corrected chi connectivity index (χ1v) is 25.0. The van der Waals surface area contributed by atoms with Crippen LogP contribution in [-0.2, 0) is 28.6 Å². The van der Waals surface area contributed by atoms with Gasteiger partial charge in [-0.3, -0.25) is 14.4 Å². The van der Waals surface area contributed by atoms with Crippen molar-refractivity contribution >= 4 is 17.9 Å². The molecule has 350 valence electrons. The molecule has 62 heavy (non-hydrogen) atoms. The number of carbonyl (C=O) groups excluding carboxylic acids is 3. The summed E-state index contributed by atoms with van der Waals surface area (Å²) in [5.74, 6) is -0.966. The predicted molar refractivity (Wildman–Crippen MR) is 265 cm³/mol. The number of esters is 3. The second kappa shape index (κ2) is 49.7. The van der Waals surface area contributed by atoms with Gasteiger partial charge in [-0.15, -0.1) is 0 Å². The third-order valence-corrected chi connectivity index (χ3v) is 10.2. The van der Waals surface area contributed by atoms with Gasteiger partial charge in [0.05, 0.1) is 0 Å². The molecule has 1 atom stereocenters. The Bertz CT molecular complexity index is 1310. The molecule has 6 heteroatoms. The highest BCUT2D eigenvalue weighted by Gasteiger charge is 2.19. The van der Waals surface area contributed by atoms with E-state index >= 15 is 0 Å². The lowest BCUT2D eigenvalue weighted by atomic mass is 10.1. The van der Waals surface area contributed by atoms with E-state index in [9.17, 15) is 14.4 Å². The number of hydrogen-bond donors (Lipinski definition) is 0. The summed E-state index contributed by atoms with van der Waals surface area (Å²) < 4.78 is 16.7. The van der Waals surface area contributed by atoms with Gasteiger partial charge in [0.1, 0.15) is 13.2 Å². The molecule has 0 aromatic carbocycles. The fourth-order valence-electron chi connectivity index (χ4n) is 6.38.